The van der Waals surface area contributed by atoms with Gasteiger partial charge in [0.25, 0.3) is 5.91 Å². The van der Waals surface area contributed by atoms with Gasteiger partial charge in [0.15, 0.2) is 0 Å². The molecule has 0 saturated carbocycles. The standard InChI is InChI=1S/C19H22N2O3/c1-13(2)12-24-17-9-7-16(8-10-17)19(23)21-11-14-3-5-15(6-4-14)18(20)22/h3-10,13H,11-12H2,1-2H3,(H2,20,22)(H,21,23). The van der Waals surface area contributed by atoms with Crippen LogP contribution in [0.25, 0.3) is 0 Å². The van der Waals surface area contributed by atoms with Crippen LogP contribution in [-0.2, 0) is 6.54 Å². The normalized spacial score (nSPS) is 10.5. The molecule has 2 aromatic rings. The van der Waals surface area contributed by atoms with E-state index in [1.54, 1.807) is 48.5 Å². The maximum absolute atomic E-state index is 12.1. The molecule has 0 fully saturated rings. The first-order valence-electron chi connectivity index (χ1n) is 7.85. The Kier molecular flexibility index (Phi) is 5.95. The Balaban J connectivity index is 1.88. The van der Waals surface area contributed by atoms with Crippen molar-refractivity contribution in [3.05, 3.63) is 65.2 Å². The Hall–Kier alpha value is -2.82. The van der Waals surface area contributed by atoms with E-state index in [1.165, 1.54) is 0 Å². The van der Waals surface area contributed by atoms with Crippen LogP contribution in [0.5, 0.6) is 5.75 Å². The summed E-state index contributed by atoms with van der Waals surface area (Å²) in [6, 6.07) is 13.9. The zero-order valence-corrected chi connectivity index (χ0v) is 13.9. The number of ether oxygens (including phenoxy) is 1. The Morgan fingerprint density at radius 1 is 1.00 bits per heavy atom. The highest BCUT2D eigenvalue weighted by Gasteiger charge is 2.06. The number of rotatable bonds is 7. The molecule has 5 nitrogen and oxygen atoms in total. The van der Waals surface area contributed by atoms with Gasteiger partial charge in [0.2, 0.25) is 5.91 Å². The predicted octanol–water partition coefficient (Wildman–Crippen LogP) is 2.75. The average Bonchev–Trinajstić information content (AvgIpc) is 2.58. The van der Waals surface area contributed by atoms with E-state index >= 15 is 0 Å². The molecular weight excluding hydrogens is 304 g/mol. The van der Waals surface area contributed by atoms with Gasteiger partial charge in [-0.15, -0.1) is 0 Å². The van der Waals surface area contributed by atoms with Crippen LogP contribution in [0.15, 0.2) is 48.5 Å². The highest BCUT2D eigenvalue weighted by Crippen LogP contribution is 2.13. The minimum absolute atomic E-state index is 0.163. The van der Waals surface area contributed by atoms with Crippen LogP contribution in [-0.4, -0.2) is 18.4 Å². The summed E-state index contributed by atoms with van der Waals surface area (Å²) in [4.78, 5) is 23.2. The smallest absolute Gasteiger partial charge is 0.251 e. The fourth-order valence-corrected chi connectivity index (χ4v) is 2.04. The van der Waals surface area contributed by atoms with Gasteiger partial charge in [-0.25, -0.2) is 0 Å². The molecule has 0 saturated heterocycles. The Morgan fingerprint density at radius 2 is 1.58 bits per heavy atom. The van der Waals surface area contributed by atoms with Crippen LogP contribution in [0.1, 0.15) is 40.1 Å². The molecule has 0 spiro atoms. The fourth-order valence-electron chi connectivity index (χ4n) is 2.04. The predicted molar refractivity (Wildman–Crippen MR) is 92.9 cm³/mol. The topological polar surface area (TPSA) is 81.4 Å². The lowest BCUT2D eigenvalue weighted by molar-refractivity contribution is 0.0949. The van der Waals surface area contributed by atoms with E-state index in [4.69, 9.17) is 10.5 Å². The molecule has 2 rings (SSSR count). The van der Waals surface area contributed by atoms with E-state index in [0.29, 0.717) is 30.2 Å². The summed E-state index contributed by atoms with van der Waals surface area (Å²) in [5.41, 5.74) is 7.10. The lowest BCUT2D eigenvalue weighted by atomic mass is 10.1. The summed E-state index contributed by atoms with van der Waals surface area (Å²) in [6.07, 6.45) is 0. The van der Waals surface area contributed by atoms with Crippen LogP contribution in [0.2, 0.25) is 0 Å². The van der Waals surface area contributed by atoms with Crippen LogP contribution in [0, 0.1) is 5.92 Å². The molecule has 24 heavy (non-hydrogen) atoms. The second-order valence-corrected chi connectivity index (χ2v) is 5.97. The van der Waals surface area contributed by atoms with Crippen molar-refractivity contribution in [2.24, 2.45) is 11.7 Å². The zero-order valence-electron chi connectivity index (χ0n) is 13.9. The van der Waals surface area contributed by atoms with E-state index in [2.05, 4.69) is 19.2 Å². The average molecular weight is 326 g/mol. The minimum Gasteiger partial charge on any atom is -0.493 e. The van der Waals surface area contributed by atoms with Crippen molar-refractivity contribution in [3.8, 4) is 5.75 Å². The van der Waals surface area contributed by atoms with E-state index in [1.807, 2.05) is 0 Å². The van der Waals surface area contributed by atoms with Crippen LogP contribution in [0.3, 0.4) is 0 Å². The number of nitrogens with two attached hydrogens (primary N) is 1. The summed E-state index contributed by atoms with van der Waals surface area (Å²) >= 11 is 0. The van der Waals surface area contributed by atoms with Gasteiger partial charge in [-0.1, -0.05) is 26.0 Å². The van der Waals surface area contributed by atoms with Gasteiger partial charge in [0, 0.05) is 17.7 Å². The second-order valence-electron chi connectivity index (χ2n) is 5.97. The van der Waals surface area contributed by atoms with Gasteiger partial charge in [-0.2, -0.15) is 0 Å². The molecule has 2 amide bonds. The number of benzene rings is 2. The first-order valence-corrected chi connectivity index (χ1v) is 7.85. The minimum atomic E-state index is -0.467. The molecule has 0 aliphatic heterocycles. The quantitative estimate of drug-likeness (QED) is 0.821. The molecular formula is C19H22N2O3. The van der Waals surface area contributed by atoms with Crippen molar-refractivity contribution in [2.45, 2.75) is 20.4 Å². The van der Waals surface area contributed by atoms with Gasteiger partial charge >= 0.3 is 0 Å². The number of hydrogen-bond donors (Lipinski definition) is 2. The number of nitrogens with one attached hydrogen (secondary N) is 1. The number of primary amides is 1. The van der Waals surface area contributed by atoms with Crippen molar-refractivity contribution in [3.63, 3.8) is 0 Å². The number of hydrogen-bond acceptors (Lipinski definition) is 3. The molecule has 0 atom stereocenters. The summed E-state index contributed by atoms with van der Waals surface area (Å²) in [7, 11) is 0. The third kappa shape index (κ3) is 5.12. The van der Waals surface area contributed by atoms with Crippen LogP contribution in [0.4, 0.5) is 0 Å². The number of carbonyl (C=O) groups excluding carboxylic acids is 2. The summed E-state index contributed by atoms with van der Waals surface area (Å²) in [6.45, 7) is 5.19. The lowest BCUT2D eigenvalue weighted by Crippen LogP contribution is -2.22. The third-order valence-corrected chi connectivity index (χ3v) is 3.39. The molecule has 0 unspecified atom stereocenters. The first-order chi connectivity index (χ1) is 11.5. The zero-order chi connectivity index (χ0) is 17.5. The molecule has 0 radical (unpaired) electrons. The molecule has 0 heterocycles. The summed E-state index contributed by atoms with van der Waals surface area (Å²) in [5.74, 6) is 0.575. The van der Waals surface area contributed by atoms with Gasteiger partial charge in [-0.3, -0.25) is 9.59 Å². The van der Waals surface area contributed by atoms with Crippen molar-refractivity contribution < 1.29 is 14.3 Å². The van der Waals surface area contributed by atoms with Crippen molar-refractivity contribution in [1.29, 1.82) is 0 Å². The number of amides is 2. The number of carbonyl (C=O) groups is 2. The third-order valence-electron chi connectivity index (χ3n) is 3.39. The maximum atomic E-state index is 12.1. The fraction of sp³-hybridized carbons (Fsp3) is 0.263. The molecule has 0 aliphatic rings. The molecule has 126 valence electrons. The van der Waals surface area contributed by atoms with Gasteiger partial charge in [-0.05, 0) is 47.9 Å². The van der Waals surface area contributed by atoms with Crippen molar-refractivity contribution in [2.75, 3.05) is 6.61 Å². The van der Waals surface area contributed by atoms with E-state index in [0.717, 1.165) is 11.3 Å². The highest BCUT2D eigenvalue weighted by atomic mass is 16.5. The van der Waals surface area contributed by atoms with Gasteiger partial charge < -0.3 is 15.8 Å². The van der Waals surface area contributed by atoms with Crippen molar-refractivity contribution in [1.82, 2.24) is 5.32 Å². The molecule has 5 heteroatoms. The summed E-state index contributed by atoms with van der Waals surface area (Å²) < 4.78 is 5.59. The van der Waals surface area contributed by atoms with E-state index in [9.17, 15) is 9.59 Å². The van der Waals surface area contributed by atoms with Gasteiger partial charge in [0.05, 0.1) is 6.61 Å². The Labute approximate surface area is 141 Å². The Bertz CT molecular complexity index is 692. The SMILES string of the molecule is CC(C)COc1ccc(C(=O)NCc2ccc(C(N)=O)cc2)cc1. The van der Waals surface area contributed by atoms with Crippen LogP contribution >= 0.6 is 0 Å². The molecule has 0 aromatic heterocycles. The molecule has 3 N–H and O–H groups in total. The molecule has 0 bridgehead atoms. The Morgan fingerprint density at radius 3 is 2.12 bits per heavy atom. The lowest BCUT2D eigenvalue weighted by Gasteiger charge is -2.09. The first kappa shape index (κ1) is 17.5. The molecule has 2 aromatic carbocycles. The van der Waals surface area contributed by atoms with E-state index < -0.39 is 5.91 Å². The van der Waals surface area contributed by atoms with Crippen LogP contribution < -0.4 is 15.8 Å². The second kappa shape index (κ2) is 8.15. The largest absolute Gasteiger partial charge is 0.493 e. The monoisotopic (exact) mass is 326 g/mol. The molecule has 0 aliphatic carbocycles. The van der Waals surface area contributed by atoms with Crippen molar-refractivity contribution >= 4 is 11.8 Å². The van der Waals surface area contributed by atoms with Gasteiger partial charge in [0.1, 0.15) is 5.75 Å². The highest BCUT2D eigenvalue weighted by molar-refractivity contribution is 5.94. The summed E-state index contributed by atoms with van der Waals surface area (Å²) in [5, 5.41) is 2.84. The maximum Gasteiger partial charge on any atom is 0.251 e. The van der Waals surface area contributed by atoms with E-state index in [-0.39, 0.29) is 5.91 Å².